The van der Waals surface area contributed by atoms with Crippen LogP contribution < -0.4 is 50.7 Å². The quantitative estimate of drug-likeness (QED) is 0.0566. The molecule has 6 aliphatic rings. The zero-order valence-electron chi connectivity index (χ0n) is 65.5. The van der Waals surface area contributed by atoms with E-state index in [1.165, 1.54) is 22.7 Å². The van der Waals surface area contributed by atoms with Crippen LogP contribution in [0.15, 0.2) is 165 Å². The summed E-state index contributed by atoms with van der Waals surface area (Å²) in [5.74, 6) is 2.88. The number of rotatable bonds is 15. The molecule has 0 aliphatic carbocycles. The smallest absolute Gasteiger partial charge is 0.289 e. The normalized spacial score (nSPS) is 19.0. The van der Waals surface area contributed by atoms with E-state index in [2.05, 4.69) is 121 Å². The maximum Gasteiger partial charge on any atom is 0.289 e. The van der Waals surface area contributed by atoms with Gasteiger partial charge in [0.15, 0.2) is 50.5 Å². The van der Waals surface area contributed by atoms with Gasteiger partial charge in [0.25, 0.3) is 23.6 Å². The molecule has 6 fully saturated rings. The standard InChI is InChI=1S/C21H19ClN6O.C20H20N8O.2C20H25N7O2S/c1-13-11-27-7-2-3-18(27)20(24-13)28-8-6-16(12-28)25-21(29)19-23-10-14-9-15(22)4-5-17(14)26-19;1-14-4-2-3-5-17(14)28-10-7-16(25-28)20(29)23-15-6-9-26(12-15)18-19-24-22-13-27(19)11-8-21-18;2*1-20(29)3-8-26(9-4-20)19-24-15(13-30-19)18(28)23-14-2-7-27(12-14)17-16-21-5-10-25(16)11-6-22-17/h2-5,7,9-11,16H,6,8,12H2,1H3,(H,25,29);2-5,7-8,10-11,13,15H,6,9,12H2,1H3,(H,23,29);2*5-6,10-11,13-14,29H,2-4,7-9,12H2,1H3,(H,23,28)/t16-;15-;;/m00../s1. The fraction of sp³-hybridized carbons (Fsp3) is 0.370. The van der Waals surface area contributed by atoms with Gasteiger partial charge in [0, 0.05) is 211 Å². The number of halogens is 1. The molecule has 18 heterocycles. The summed E-state index contributed by atoms with van der Waals surface area (Å²) < 4.78 is 9.56. The maximum atomic E-state index is 12.7. The van der Waals surface area contributed by atoms with Gasteiger partial charge in [-0.1, -0.05) is 29.8 Å². The minimum atomic E-state index is -0.599. The lowest BCUT2D eigenvalue weighted by molar-refractivity contribution is 0.0346. The minimum Gasteiger partial charge on any atom is -0.390 e. The summed E-state index contributed by atoms with van der Waals surface area (Å²) in [7, 11) is 0. The van der Waals surface area contributed by atoms with E-state index < -0.39 is 11.2 Å². The number of nitrogens with zero attached hydrogens (tertiary/aromatic N) is 24. The number of amides is 4. The summed E-state index contributed by atoms with van der Waals surface area (Å²) in [5.41, 5.74) is 7.29. The monoisotopic (exact) mass is 1650 g/mol. The number of fused-ring (bicyclic) bond motifs is 5. The number of thiazole rings is 2. The van der Waals surface area contributed by atoms with Crippen LogP contribution in [0.1, 0.15) is 119 Å². The fourth-order valence-electron chi connectivity index (χ4n) is 15.7. The van der Waals surface area contributed by atoms with E-state index >= 15 is 0 Å². The van der Waals surface area contributed by atoms with Gasteiger partial charge in [-0.2, -0.15) is 5.10 Å². The second-order valence-electron chi connectivity index (χ2n) is 31.1. The van der Waals surface area contributed by atoms with Gasteiger partial charge in [-0.15, -0.1) is 32.9 Å². The number of benzene rings is 2. The van der Waals surface area contributed by atoms with Crippen LogP contribution in [-0.4, -0.2) is 235 Å². The number of hydrogen-bond acceptors (Lipinski definition) is 27. The van der Waals surface area contributed by atoms with Gasteiger partial charge >= 0.3 is 0 Å². The van der Waals surface area contributed by atoms with Gasteiger partial charge in [0.05, 0.1) is 33.6 Å². The van der Waals surface area contributed by atoms with E-state index in [9.17, 15) is 29.4 Å². The van der Waals surface area contributed by atoms with E-state index in [1.54, 1.807) is 72.5 Å². The molecule has 6 aliphatic heterocycles. The van der Waals surface area contributed by atoms with Crippen LogP contribution in [0, 0.1) is 13.8 Å². The summed E-state index contributed by atoms with van der Waals surface area (Å²) in [5, 5.41) is 51.9. The van der Waals surface area contributed by atoms with Crippen LogP contribution in [0.5, 0.6) is 0 Å². The van der Waals surface area contributed by atoms with Crippen molar-refractivity contribution in [1.29, 1.82) is 0 Å². The molecule has 6 N–H and O–H groups in total. The average Bonchev–Trinajstić information content (AvgIpc) is 1.64. The Kier molecular flexibility index (Phi) is 22.3. The van der Waals surface area contributed by atoms with Crippen molar-refractivity contribution in [3.8, 4) is 5.69 Å². The second-order valence-corrected chi connectivity index (χ2v) is 33.2. The number of hydrogen-bond donors (Lipinski definition) is 6. The number of para-hydroxylation sites is 1. The number of imidazole rings is 2. The Morgan fingerprint density at radius 3 is 1.52 bits per heavy atom. The van der Waals surface area contributed by atoms with Gasteiger partial charge in [-0.05, 0) is 127 Å². The van der Waals surface area contributed by atoms with Crippen LogP contribution >= 0.6 is 34.3 Å². The molecule has 0 spiro atoms. The Bertz CT molecular complexity index is 5790. The number of piperidine rings is 2. The lowest BCUT2D eigenvalue weighted by Gasteiger charge is -2.35. The average molecular weight is 1650 g/mol. The summed E-state index contributed by atoms with van der Waals surface area (Å²) in [6, 6.07) is 19.2. The van der Waals surface area contributed by atoms with Gasteiger partial charge in [-0.3, -0.25) is 23.6 Å². The van der Waals surface area contributed by atoms with Gasteiger partial charge < -0.3 is 74.1 Å². The largest absolute Gasteiger partial charge is 0.390 e. The molecule has 14 aromatic rings. The van der Waals surface area contributed by atoms with E-state index in [1.807, 2.05) is 132 Å². The highest BCUT2D eigenvalue weighted by atomic mass is 35.5. The highest BCUT2D eigenvalue weighted by Gasteiger charge is 2.35. The molecule has 2 aromatic carbocycles. The molecule has 2 unspecified atom stereocenters. The molecule has 4 amide bonds. The molecule has 0 saturated carbocycles. The van der Waals surface area contributed by atoms with Gasteiger partial charge in [0.1, 0.15) is 17.7 Å². The highest BCUT2D eigenvalue weighted by molar-refractivity contribution is 7.14. The summed E-state index contributed by atoms with van der Waals surface area (Å²) in [4.78, 5) is 108. The van der Waals surface area contributed by atoms with Crippen molar-refractivity contribution in [2.24, 2.45) is 0 Å². The number of carbonyl (C=O) groups is 4. The maximum absolute atomic E-state index is 12.7. The van der Waals surface area contributed by atoms with E-state index in [0.29, 0.717) is 79.5 Å². The van der Waals surface area contributed by atoms with Crippen LogP contribution in [-0.2, 0) is 0 Å². The molecule has 0 radical (unpaired) electrons. The van der Waals surface area contributed by atoms with Crippen molar-refractivity contribution in [2.45, 2.75) is 114 Å². The number of anilines is 6. The Balaban J connectivity index is 0.000000113. The molecular formula is C81H89ClN28O6S2. The third-order valence-corrected chi connectivity index (χ3v) is 24.3. The summed E-state index contributed by atoms with van der Waals surface area (Å²) >= 11 is 8.96. The zero-order valence-corrected chi connectivity index (χ0v) is 67.9. The third kappa shape index (κ3) is 17.5. The molecule has 37 heteroatoms. The molecule has 0 bridgehead atoms. The van der Waals surface area contributed by atoms with E-state index in [0.717, 1.165) is 156 Å². The van der Waals surface area contributed by atoms with Crippen molar-refractivity contribution in [1.82, 2.24) is 109 Å². The number of nitrogens with one attached hydrogen (secondary N) is 4. The van der Waals surface area contributed by atoms with Gasteiger partial charge in [0.2, 0.25) is 11.5 Å². The lowest BCUT2D eigenvalue weighted by Crippen LogP contribution is -2.42. The van der Waals surface area contributed by atoms with Crippen LogP contribution in [0.3, 0.4) is 0 Å². The molecule has 20 rings (SSSR count). The van der Waals surface area contributed by atoms with Crippen molar-refractivity contribution in [2.75, 3.05) is 108 Å². The fourth-order valence-corrected chi connectivity index (χ4v) is 17.6. The number of aliphatic hydroxyl groups is 2. The molecule has 12 aromatic heterocycles. The van der Waals surface area contributed by atoms with Crippen LogP contribution in [0.25, 0.3) is 39.0 Å². The summed E-state index contributed by atoms with van der Waals surface area (Å²) in [6.07, 6.45) is 33.5. The number of carbonyl (C=O) groups excluding carboxylic acids is 4. The molecular weight excluding hydrogens is 1560 g/mol. The highest BCUT2D eigenvalue weighted by Crippen LogP contribution is 2.33. The first kappa shape index (κ1) is 78.2. The molecule has 608 valence electrons. The van der Waals surface area contributed by atoms with E-state index in [-0.39, 0.29) is 53.6 Å². The van der Waals surface area contributed by atoms with E-state index in [4.69, 9.17) is 16.6 Å². The Hall–Kier alpha value is -12.4. The van der Waals surface area contributed by atoms with Crippen LogP contribution in [0.4, 0.5) is 33.5 Å². The van der Waals surface area contributed by atoms with Crippen molar-refractivity contribution >= 4 is 125 Å². The molecule has 118 heavy (non-hydrogen) atoms. The first-order valence-corrected chi connectivity index (χ1v) is 41.6. The second kappa shape index (κ2) is 33.7. The number of aryl methyl sites for hydroxylation is 2. The molecule has 6 saturated heterocycles. The van der Waals surface area contributed by atoms with Crippen molar-refractivity contribution in [3.63, 3.8) is 0 Å². The Labute approximate surface area is 690 Å². The SMILES string of the molecule is CC1(O)CCN(c2nc(C(=O)NC3CCN(c4nccn5ccnc45)C3)cs2)CC1.CC1(O)CCN(c2nc(C(=O)NC3CCN(c4nccn5ccnc45)C3)cs2)CC1.Cc1ccccc1-n1ccc(C(=O)N[C@H]2CCN(c3nccn4cnnc34)C2)n1.Cc1cn2cccc2c(N2CC[C@H](NC(=O)c3ncc4cc(Cl)ccc4n3)C2)n1. The topological polar surface area (TPSA) is 366 Å². The predicted molar refractivity (Wildman–Crippen MR) is 450 cm³/mol. The number of aromatic nitrogens is 18. The molecule has 34 nitrogen and oxygen atoms in total. The van der Waals surface area contributed by atoms with Crippen molar-refractivity contribution < 1.29 is 29.4 Å². The summed E-state index contributed by atoms with van der Waals surface area (Å²) in [6.45, 7) is 16.8. The van der Waals surface area contributed by atoms with Crippen LogP contribution in [0.2, 0.25) is 5.02 Å². The Morgan fingerprint density at radius 1 is 0.483 bits per heavy atom. The lowest BCUT2D eigenvalue weighted by atomic mass is 9.94. The van der Waals surface area contributed by atoms with Crippen molar-refractivity contribution in [3.05, 3.63) is 204 Å². The van der Waals surface area contributed by atoms with Gasteiger partial charge in [-0.25, -0.2) is 54.5 Å². The first-order valence-electron chi connectivity index (χ1n) is 39.5. The Morgan fingerprint density at radius 2 is 0.975 bits per heavy atom. The third-order valence-electron chi connectivity index (χ3n) is 22.3. The first-order chi connectivity index (χ1) is 57.2. The zero-order chi connectivity index (χ0) is 81.2. The minimum absolute atomic E-state index is 0.0179. The molecule has 4 atom stereocenters. The predicted octanol–water partition coefficient (Wildman–Crippen LogP) is 7.97.